The monoisotopic (exact) mass is 495 g/mol. The number of benzene rings is 3. The number of hydrogen-bond acceptors (Lipinski definition) is 5. The first-order valence-corrected chi connectivity index (χ1v) is 12.1. The van der Waals surface area contributed by atoms with Crippen LogP contribution >= 0.6 is 0 Å². The van der Waals surface area contributed by atoms with E-state index in [0.29, 0.717) is 28.2 Å². The number of ether oxygens (including phenoxy) is 3. The predicted molar refractivity (Wildman–Crippen MR) is 144 cm³/mol. The fraction of sp³-hybridized carbons (Fsp3) is 0.226. The zero-order valence-corrected chi connectivity index (χ0v) is 21.8. The van der Waals surface area contributed by atoms with Crippen LogP contribution in [0.15, 0.2) is 66.6 Å². The Bertz CT molecular complexity index is 1580. The number of Topliss-reactive ketones (excluding diaryl/α,β-unsaturated/α-hetero) is 1. The topological polar surface area (TPSA) is 66.8 Å². The minimum absolute atomic E-state index is 0.00772. The van der Waals surface area contributed by atoms with Gasteiger partial charge in [0.05, 0.1) is 18.2 Å². The molecule has 188 valence electrons. The number of carbonyl (C=O) groups excluding carboxylic acids is 2. The van der Waals surface area contributed by atoms with E-state index in [1.807, 2.05) is 48.1 Å². The molecule has 1 aromatic heterocycles. The molecule has 0 spiro atoms. The SMILES string of the molecule is COc1ccc2c(c1)c(C=C1Oc3c(ccc(OC(=O)c4ccc(C(C)(C)C)cc4)c3C)C1=O)cn2C. The van der Waals surface area contributed by atoms with Crippen molar-refractivity contribution in [3.8, 4) is 17.2 Å². The Morgan fingerprint density at radius 1 is 1.03 bits per heavy atom. The molecule has 0 radical (unpaired) electrons. The van der Waals surface area contributed by atoms with Crippen molar-refractivity contribution in [2.75, 3.05) is 7.11 Å². The van der Waals surface area contributed by atoms with Gasteiger partial charge in [-0.2, -0.15) is 0 Å². The number of ketones is 1. The maximum absolute atomic E-state index is 13.2. The van der Waals surface area contributed by atoms with Gasteiger partial charge in [0, 0.05) is 35.3 Å². The molecule has 0 N–H and O–H groups in total. The highest BCUT2D eigenvalue weighted by Gasteiger charge is 2.31. The Labute approximate surface area is 216 Å². The molecule has 0 atom stereocenters. The maximum atomic E-state index is 13.2. The molecule has 0 aliphatic carbocycles. The van der Waals surface area contributed by atoms with E-state index < -0.39 is 5.97 Å². The Morgan fingerprint density at radius 2 is 1.76 bits per heavy atom. The lowest BCUT2D eigenvalue weighted by atomic mass is 9.87. The molecule has 2 heterocycles. The van der Waals surface area contributed by atoms with Crippen molar-refractivity contribution in [2.24, 2.45) is 7.05 Å². The Balaban J connectivity index is 1.42. The number of allylic oxidation sites excluding steroid dienone is 1. The molecule has 6 nitrogen and oxygen atoms in total. The fourth-order valence-electron chi connectivity index (χ4n) is 4.53. The molecular formula is C31H29NO5. The smallest absolute Gasteiger partial charge is 0.343 e. The molecule has 1 aliphatic rings. The van der Waals surface area contributed by atoms with E-state index >= 15 is 0 Å². The van der Waals surface area contributed by atoms with Crippen molar-refractivity contribution in [3.63, 3.8) is 0 Å². The maximum Gasteiger partial charge on any atom is 0.343 e. The summed E-state index contributed by atoms with van der Waals surface area (Å²) in [7, 11) is 3.57. The highest BCUT2D eigenvalue weighted by atomic mass is 16.5. The second-order valence-corrected chi connectivity index (χ2v) is 10.3. The molecule has 4 aromatic rings. The second kappa shape index (κ2) is 8.96. The van der Waals surface area contributed by atoms with Gasteiger partial charge < -0.3 is 18.8 Å². The van der Waals surface area contributed by atoms with E-state index in [-0.39, 0.29) is 17.0 Å². The summed E-state index contributed by atoms with van der Waals surface area (Å²) in [5.41, 5.74) is 4.47. The first kappa shape index (κ1) is 24.4. The number of aromatic nitrogens is 1. The number of rotatable bonds is 4. The van der Waals surface area contributed by atoms with Gasteiger partial charge in [-0.25, -0.2) is 4.79 Å². The summed E-state index contributed by atoms with van der Waals surface area (Å²) in [5, 5.41) is 0.950. The molecule has 0 bridgehead atoms. The summed E-state index contributed by atoms with van der Waals surface area (Å²) in [6, 6.07) is 16.5. The van der Waals surface area contributed by atoms with Gasteiger partial charge in [-0.15, -0.1) is 0 Å². The van der Waals surface area contributed by atoms with E-state index in [0.717, 1.165) is 27.8 Å². The number of fused-ring (bicyclic) bond motifs is 2. The van der Waals surface area contributed by atoms with E-state index in [1.165, 1.54) is 0 Å². The fourth-order valence-corrected chi connectivity index (χ4v) is 4.53. The standard InChI is InChI=1S/C31H29NO5/c1-18-26(37-30(34)19-7-9-21(10-8-19)31(2,3)4)14-12-23-28(33)27(36-29(18)23)15-20-17-32(5)25-13-11-22(35-6)16-24(20)25/h7-17H,1-6H3. The van der Waals surface area contributed by atoms with Crippen LogP contribution in [0.25, 0.3) is 17.0 Å². The lowest BCUT2D eigenvalue weighted by molar-refractivity contribution is 0.0733. The second-order valence-electron chi connectivity index (χ2n) is 10.3. The van der Waals surface area contributed by atoms with Crippen LogP contribution in [0, 0.1) is 6.92 Å². The summed E-state index contributed by atoms with van der Waals surface area (Å²) >= 11 is 0. The van der Waals surface area contributed by atoms with Gasteiger partial charge in [-0.3, -0.25) is 4.79 Å². The van der Waals surface area contributed by atoms with Crippen molar-refractivity contribution >= 4 is 28.7 Å². The average molecular weight is 496 g/mol. The van der Waals surface area contributed by atoms with Crippen LogP contribution in [0.2, 0.25) is 0 Å². The molecule has 6 heteroatoms. The first-order chi connectivity index (χ1) is 17.6. The zero-order chi connectivity index (χ0) is 26.5. The van der Waals surface area contributed by atoms with E-state index in [4.69, 9.17) is 14.2 Å². The van der Waals surface area contributed by atoms with E-state index in [2.05, 4.69) is 20.8 Å². The molecule has 0 saturated heterocycles. The van der Waals surface area contributed by atoms with Crippen molar-refractivity contribution < 1.29 is 23.8 Å². The lowest BCUT2D eigenvalue weighted by Crippen LogP contribution is -2.13. The van der Waals surface area contributed by atoms with E-state index in [9.17, 15) is 9.59 Å². The molecule has 1 aliphatic heterocycles. The molecule has 0 amide bonds. The van der Waals surface area contributed by atoms with Crippen LogP contribution in [0.1, 0.15) is 58.2 Å². The van der Waals surface area contributed by atoms with Crippen molar-refractivity contribution in [1.29, 1.82) is 0 Å². The third-order valence-electron chi connectivity index (χ3n) is 6.74. The Hall–Kier alpha value is -4.32. The molecule has 5 rings (SSSR count). The third kappa shape index (κ3) is 4.40. The van der Waals surface area contributed by atoms with Crippen LogP contribution in [-0.4, -0.2) is 23.4 Å². The minimum Gasteiger partial charge on any atom is -0.497 e. The van der Waals surface area contributed by atoms with Crippen LogP contribution in [0.5, 0.6) is 17.2 Å². The molecule has 0 unspecified atom stereocenters. The van der Waals surface area contributed by atoms with Crippen LogP contribution in [0.3, 0.4) is 0 Å². The number of carbonyl (C=O) groups is 2. The summed E-state index contributed by atoms with van der Waals surface area (Å²) in [5.74, 6) is 1.03. The Morgan fingerprint density at radius 3 is 2.43 bits per heavy atom. The highest BCUT2D eigenvalue weighted by Crippen LogP contribution is 2.40. The normalized spacial score (nSPS) is 14.1. The van der Waals surface area contributed by atoms with Crippen molar-refractivity contribution in [2.45, 2.75) is 33.1 Å². The Kier molecular flexibility index (Phi) is 5.91. The molecule has 3 aromatic carbocycles. The summed E-state index contributed by atoms with van der Waals surface area (Å²) in [6.07, 6.45) is 3.69. The largest absolute Gasteiger partial charge is 0.497 e. The molecule has 0 saturated carbocycles. The molecular weight excluding hydrogens is 466 g/mol. The zero-order valence-electron chi connectivity index (χ0n) is 21.8. The van der Waals surface area contributed by atoms with Crippen molar-refractivity contribution in [3.05, 3.63) is 94.4 Å². The predicted octanol–water partition coefficient (Wildman–Crippen LogP) is 6.63. The van der Waals surface area contributed by atoms with Gasteiger partial charge in [-0.1, -0.05) is 32.9 Å². The van der Waals surface area contributed by atoms with Gasteiger partial charge in [-0.05, 0) is 66.4 Å². The van der Waals surface area contributed by atoms with Gasteiger partial charge in [0.25, 0.3) is 0 Å². The van der Waals surface area contributed by atoms with E-state index in [1.54, 1.807) is 44.4 Å². The number of methoxy groups -OCH3 is 1. The molecule has 0 fully saturated rings. The molecule has 37 heavy (non-hydrogen) atoms. The summed E-state index contributed by atoms with van der Waals surface area (Å²) < 4.78 is 19.1. The van der Waals surface area contributed by atoms with Gasteiger partial charge in [0.1, 0.15) is 17.2 Å². The number of aryl methyl sites for hydroxylation is 1. The van der Waals surface area contributed by atoms with Crippen LogP contribution in [0.4, 0.5) is 0 Å². The summed E-state index contributed by atoms with van der Waals surface area (Å²) in [6.45, 7) is 8.14. The van der Waals surface area contributed by atoms with Crippen LogP contribution < -0.4 is 14.2 Å². The highest BCUT2D eigenvalue weighted by molar-refractivity contribution is 6.15. The number of nitrogens with zero attached hydrogens (tertiary/aromatic N) is 1. The quantitative estimate of drug-likeness (QED) is 0.181. The first-order valence-electron chi connectivity index (χ1n) is 12.1. The average Bonchev–Trinajstić information content (AvgIpc) is 3.36. The van der Waals surface area contributed by atoms with Gasteiger partial charge >= 0.3 is 5.97 Å². The number of esters is 1. The van der Waals surface area contributed by atoms with Gasteiger partial charge in [0.15, 0.2) is 5.76 Å². The summed E-state index contributed by atoms with van der Waals surface area (Å²) in [4.78, 5) is 26.0. The van der Waals surface area contributed by atoms with Crippen molar-refractivity contribution in [1.82, 2.24) is 4.57 Å². The van der Waals surface area contributed by atoms with Crippen LogP contribution in [-0.2, 0) is 12.5 Å². The number of hydrogen-bond donors (Lipinski definition) is 0. The van der Waals surface area contributed by atoms with Gasteiger partial charge in [0.2, 0.25) is 5.78 Å². The third-order valence-corrected chi connectivity index (χ3v) is 6.74. The lowest BCUT2D eigenvalue weighted by Gasteiger charge is -2.19. The minimum atomic E-state index is -0.465.